The molecule has 3 aromatic rings. The van der Waals surface area contributed by atoms with Crippen LogP contribution < -0.4 is 5.32 Å². The lowest BCUT2D eigenvalue weighted by atomic mass is 10.1. The van der Waals surface area contributed by atoms with Crippen LogP contribution in [0, 0.1) is 0 Å². The van der Waals surface area contributed by atoms with E-state index in [1.165, 1.54) is 23.1 Å². The van der Waals surface area contributed by atoms with Crippen molar-refractivity contribution in [3.05, 3.63) is 99.0 Å². The summed E-state index contributed by atoms with van der Waals surface area (Å²) in [7, 11) is 0. The Bertz CT molecular complexity index is 1320. The van der Waals surface area contributed by atoms with Crippen LogP contribution in [-0.4, -0.2) is 35.2 Å². The Morgan fingerprint density at radius 1 is 0.971 bits per heavy atom. The molecule has 3 aromatic carbocycles. The molecule has 8 heteroatoms. The van der Waals surface area contributed by atoms with E-state index in [4.69, 9.17) is 4.74 Å². The summed E-state index contributed by atoms with van der Waals surface area (Å²) in [4.78, 5) is 52.0. The fraction of sp³-hybridized carbons (Fsp3) is 0.185. The minimum absolute atomic E-state index is 0.0878. The van der Waals surface area contributed by atoms with Crippen LogP contribution in [0.5, 0.6) is 0 Å². The molecule has 1 heterocycles. The molecule has 178 valence electrons. The van der Waals surface area contributed by atoms with Crippen LogP contribution in [-0.2, 0) is 16.0 Å². The van der Waals surface area contributed by atoms with E-state index in [9.17, 15) is 19.2 Å². The fourth-order valence-corrected chi connectivity index (χ4v) is 4.40. The van der Waals surface area contributed by atoms with Crippen molar-refractivity contribution < 1.29 is 23.9 Å². The first-order valence-corrected chi connectivity index (χ1v) is 11.9. The molecule has 7 nitrogen and oxygen atoms in total. The van der Waals surface area contributed by atoms with Crippen LogP contribution >= 0.6 is 15.9 Å². The molecule has 4 rings (SSSR count). The second-order valence-corrected chi connectivity index (χ2v) is 9.02. The number of ether oxygens (including phenoxy) is 1. The van der Waals surface area contributed by atoms with E-state index in [-0.39, 0.29) is 16.7 Å². The van der Waals surface area contributed by atoms with Crippen molar-refractivity contribution in [2.75, 3.05) is 11.9 Å². The predicted molar refractivity (Wildman–Crippen MR) is 134 cm³/mol. The summed E-state index contributed by atoms with van der Waals surface area (Å²) in [5.41, 5.74) is 2.86. The Morgan fingerprint density at radius 2 is 1.69 bits per heavy atom. The van der Waals surface area contributed by atoms with E-state index < -0.39 is 36.3 Å². The van der Waals surface area contributed by atoms with Gasteiger partial charge in [0.25, 0.3) is 17.7 Å². The maximum absolute atomic E-state index is 13.0. The van der Waals surface area contributed by atoms with Crippen LogP contribution in [0.4, 0.5) is 5.69 Å². The maximum atomic E-state index is 13.0. The first-order chi connectivity index (χ1) is 16.8. The van der Waals surface area contributed by atoms with Crippen LogP contribution in [0.2, 0.25) is 0 Å². The van der Waals surface area contributed by atoms with Gasteiger partial charge in [0, 0.05) is 10.2 Å². The van der Waals surface area contributed by atoms with Crippen LogP contribution in [0.15, 0.2) is 71.2 Å². The summed E-state index contributed by atoms with van der Waals surface area (Å²) >= 11 is 3.40. The van der Waals surface area contributed by atoms with Crippen molar-refractivity contribution in [2.45, 2.75) is 26.3 Å². The molecule has 35 heavy (non-hydrogen) atoms. The Morgan fingerprint density at radius 3 is 2.40 bits per heavy atom. The number of carbonyl (C=O) groups is 4. The van der Waals surface area contributed by atoms with E-state index in [0.717, 1.165) is 22.0 Å². The number of amides is 3. The topological polar surface area (TPSA) is 92.8 Å². The molecule has 0 unspecified atom stereocenters. The van der Waals surface area contributed by atoms with Crippen LogP contribution in [0.25, 0.3) is 0 Å². The summed E-state index contributed by atoms with van der Waals surface area (Å²) in [5.74, 6) is -2.13. The summed E-state index contributed by atoms with van der Waals surface area (Å²) in [6.07, 6.45) is 0.719. The molecule has 0 bridgehead atoms. The number of halogens is 1. The Kier molecular flexibility index (Phi) is 7.12. The summed E-state index contributed by atoms with van der Waals surface area (Å²) in [6, 6.07) is 18.5. The van der Waals surface area contributed by atoms with Crippen molar-refractivity contribution in [3.8, 4) is 0 Å². The SMILES string of the molecule is CCc1cc(Br)ccc1NC(=O)COC(=O)c1ccc2c(c1)C(=O)N([C@@H](C)c1ccccc1)C2=O. The highest BCUT2D eigenvalue weighted by atomic mass is 79.9. The van der Waals surface area contributed by atoms with Gasteiger partial charge in [-0.15, -0.1) is 0 Å². The molecular formula is C27H23BrN2O5. The van der Waals surface area contributed by atoms with Crippen molar-refractivity contribution in [2.24, 2.45) is 0 Å². The van der Waals surface area contributed by atoms with Gasteiger partial charge in [-0.3, -0.25) is 19.3 Å². The number of aryl methyl sites for hydroxylation is 1. The Hall–Kier alpha value is -3.78. The standard InChI is InChI=1S/C27H23BrN2O5/c1-3-17-13-20(28)10-12-23(17)29-24(31)15-35-27(34)19-9-11-21-22(14-19)26(33)30(25(21)32)16(2)18-7-5-4-6-8-18/h4-14,16H,3,15H2,1-2H3,(H,29,31)/t16-/m0/s1. The smallest absolute Gasteiger partial charge is 0.338 e. The van der Waals surface area contributed by atoms with Gasteiger partial charge >= 0.3 is 5.97 Å². The van der Waals surface area contributed by atoms with Gasteiger partial charge in [0.05, 0.1) is 22.7 Å². The average Bonchev–Trinajstić information content (AvgIpc) is 3.12. The first kappa shape index (κ1) is 24.3. The van der Waals surface area contributed by atoms with Crippen molar-refractivity contribution >= 4 is 45.3 Å². The van der Waals surface area contributed by atoms with Gasteiger partial charge in [0.1, 0.15) is 0 Å². The predicted octanol–water partition coefficient (Wildman–Crippen LogP) is 5.16. The fourth-order valence-electron chi connectivity index (χ4n) is 4.00. The molecule has 0 spiro atoms. The monoisotopic (exact) mass is 534 g/mol. The van der Waals surface area contributed by atoms with E-state index in [1.807, 2.05) is 49.4 Å². The number of fused-ring (bicyclic) bond motifs is 1. The number of esters is 1. The Labute approximate surface area is 211 Å². The van der Waals surface area contributed by atoms with E-state index >= 15 is 0 Å². The Balaban J connectivity index is 1.43. The quantitative estimate of drug-likeness (QED) is 0.333. The van der Waals surface area contributed by atoms with Crippen molar-refractivity contribution in [1.29, 1.82) is 0 Å². The number of imide groups is 1. The number of nitrogens with zero attached hydrogens (tertiary/aromatic N) is 1. The van der Waals surface area contributed by atoms with E-state index in [2.05, 4.69) is 21.2 Å². The lowest BCUT2D eigenvalue weighted by Gasteiger charge is -2.22. The highest BCUT2D eigenvalue weighted by Gasteiger charge is 2.39. The van der Waals surface area contributed by atoms with Crippen molar-refractivity contribution in [1.82, 2.24) is 4.90 Å². The van der Waals surface area contributed by atoms with Gasteiger partial charge in [-0.25, -0.2) is 4.79 Å². The molecule has 1 atom stereocenters. The van der Waals surface area contributed by atoms with Gasteiger partial charge in [0.15, 0.2) is 6.61 Å². The summed E-state index contributed by atoms with van der Waals surface area (Å²) < 4.78 is 6.06. The minimum Gasteiger partial charge on any atom is -0.452 e. The summed E-state index contributed by atoms with van der Waals surface area (Å²) in [5, 5.41) is 2.74. The number of carbonyl (C=O) groups excluding carboxylic acids is 4. The largest absolute Gasteiger partial charge is 0.452 e. The molecule has 1 N–H and O–H groups in total. The number of benzene rings is 3. The number of hydrogen-bond donors (Lipinski definition) is 1. The summed E-state index contributed by atoms with van der Waals surface area (Å²) in [6.45, 7) is 3.26. The molecular weight excluding hydrogens is 512 g/mol. The van der Waals surface area contributed by atoms with Gasteiger partial charge in [-0.2, -0.15) is 0 Å². The molecule has 0 saturated carbocycles. The molecule has 3 amide bonds. The third-order valence-corrected chi connectivity index (χ3v) is 6.37. The van der Waals surface area contributed by atoms with Gasteiger partial charge in [-0.1, -0.05) is 53.2 Å². The van der Waals surface area contributed by atoms with Crippen LogP contribution in [0.3, 0.4) is 0 Å². The highest BCUT2D eigenvalue weighted by molar-refractivity contribution is 9.10. The molecule has 0 saturated heterocycles. The minimum atomic E-state index is -0.760. The number of rotatable bonds is 7. The molecule has 0 aliphatic carbocycles. The van der Waals surface area contributed by atoms with E-state index in [0.29, 0.717) is 5.69 Å². The van der Waals surface area contributed by atoms with E-state index in [1.54, 1.807) is 13.0 Å². The number of hydrogen-bond acceptors (Lipinski definition) is 5. The molecule has 0 aromatic heterocycles. The molecule has 0 radical (unpaired) electrons. The lowest BCUT2D eigenvalue weighted by molar-refractivity contribution is -0.119. The van der Waals surface area contributed by atoms with Crippen molar-refractivity contribution in [3.63, 3.8) is 0 Å². The lowest BCUT2D eigenvalue weighted by Crippen LogP contribution is -2.32. The third kappa shape index (κ3) is 5.02. The zero-order chi connectivity index (χ0) is 25.1. The molecule has 1 aliphatic rings. The van der Waals surface area contributed by atoms with Gasteiger partial charge in [-0.05, 0) is 60.9 Å². The second-order valence-electron chi connectivity index (χ2n) is 8.11. The maximum Gasteiger partial charge on any atom is 0.338 e. The van der Waals surface area contributed by atoms with Gasteiger partial charge in [0.2, 0.25) is 0 Å². The number of nitrogens with one attached hydrogen (secondary N) is 1. The molecule has 1 aliphatic heterocycles. The normalized spacial score (nSPS) is 13.4. The van der Waals surface area contributed by atoms with Crippen LogP contribution in [0.1, 0.15) is 62.1 Å². The number of anilines is 1. The third-order valence-electron chi connectivity index (χ3n) is 5.88. The average molecular weight is 535 g/mol. The zero-order valence-electron chi connectivity index (χ0n) is 19.2. The first-order valence-electron chi connectivity index (χ1n) is 11.1. The zero-order valence-corrected chi connectivity index (χ0v) is 20.8. The molecule has 0 fully saturated rings. The second kappa shape index (κ2) is 10.2. The van der Waals surface area contributed by atoms with Gasteiger partial charge < -0.3 is 10.1 Å². The highest BCUT2D eigenvalue weighted by Crippen LogP contribution is 2.32.